The smallest absolute Gasteiger partial charge is 0.303 e. The van der Waals surface area contributed by atoms with Gasteiger partial charge in [0.05, 0.1) is 0 Å². The predicted molar refractivity (Wildman–Crippen MR) is 109 cm³/mol. The van der Waals surface area contributed by atoms with Crippen molar-refractivity contribution in [3.05, 3.63) is 0 Å². The van der Waals surface area contributed by atoms with Gasteiger partial charge in [-0.1, -0.05) is 90.4 Å². The number of hydrogen-bond acceptors (Lipinski definition) is 1. The molecule has 0 saturated carbocycles. The third-order valence-electron chi connectivity index (χ3n) is 4.72. The number of rotatable bonds is 18. The van der Waals surface area contributed by atoms with Gasteiger partial charge < -0.3 is 5.11 Å². The van der Waals surface area contributed by atoms with E-state index in [9.17, 15) is 4.79 Å². The van der Waals surface area contributed by atoms with Gasteiger partial charge in [-0.05, 0) is 19.3 Å². The van der Waals surface area contributed by atoms with Crippen LogP contribution in [0.5, 0.6) is 0 Å². The molecule has 0 aliphatic carbocycles. The second-order valence-electron chi connectivity index (χ2n) is 7.30. The zero-order valence-electron chi connectivity index (χ0n) is 16.8. The average Bonchev–Trinajstić information content (AvgIpc) is 2.60. The van der Waals surface area contributed by atoms with Crippen molar-refractivity contribution in [3.8, 4) is 11.8 Å². The van der Waals surface area contributed by atoms with Crippen molar-refractivity contribution in [1.29, 1.82) is 0 Å². The lowest BCUT2D eigenvalue weighted by atomic mass is 10.1. The minimum absolute atomic E-state index is 0.324. The molecule has 0 aromatic heterocycles. The maximum absolute atomic E-state index is 10.4. The Balaban J connectivity index is 3.11. The molecule has 25 heavy (non-hydrogen) atoms. The molecule has 0 unspecified atom stereocenters. The van der Waals surface area contributed by atoms with Crippen LogP contribution in [-0.4, -0.2) is 11.1 Å². The highest BCUT2D eigenvalue weighted by molar-refractivity contribution is 5.66. The van der Waals surface area contributed by atoms with Crippen LogP contribution in [0.15, 0.2) is 0 Å². The second-order valence-corrected chi connectivity index (χ2v) is 7.30. The molecule has 0 atom stereocenters. The number of aliphatic carboxylic acids is 1. The molecule has 2 heteroatoms. The second kappa shape index (κ2) is 21.1. The summed E-state index contributed by atoms with van der Waals surface area (Å²) in [6, 6.07) is 0. The first-order valence-electron chi connectivity index (χ1n) is 10.9. The largest absolute Gasteiger partial charge is 0.481 e. The van der Waals surface area contributed by atoms with Gasteiger partial charge in [-0.3, -0.25) is 4.79 Å². The number of carboxylic acids is 1. The Morgan fingerprint density at radius 1 is 0.600 bits per heavy atom. The summed E-state index contributed by atoms with van der Waals surface area (Å²) in [5.41, 5.74) is 0. The van der Waals surface area contributed by atoms with Crippen LogP contribution in [0.4, 0.5) is 0 Å². The predicted octanol–water partition coefficient (Wildman–Crippen LogP) is 7.51. The first kappa shape index (κ1) is 24.0. The van der Waals surface area contributed by atoms with E-state index in [1.54, 1.807) is 0 Å². The van der Waals surface area contributed by atoms with E-state index in [4.69, 9.17) is 5.11 Å². The summed E-state index contributed by atoms with van der Waals surface area (Å²) in [4.78, 5) is 10.4. The van der Waals surface area contributed by atoms with E-state index in [1.165, 1.54) is 89.9 Å². The zero-order valence-corrected chi connectivity index (χ0v) is 16.8. The molecule has 0 saturated heterocycles. The highest BCUT2D eigenvalue weighted by Crippen LogP contribution is 2.11. The van der Waals surface area contributed by atoms with Crippen LogP contribution in [0.3, 0.4) is 0 Å². The van der Waals surface area contributed by atoms with E-state index in [-0.39, 0.29) is 0 Å². The lowest BCUT2D eigenvalue weighted by Crippen LogP contribution is -1.93. The third kappa shape index (κ3) is 23.0. The Labute approximate surface area is 157 Å². The maximum Gasteiger partial charge on any atom is 0.303 e. The summed E-state index contributed by atoms with van der Waals surface area (Å²) in [5, 5.41) is 8.55. The summed E-state index contributed by atoms with van der Waals surface area (Å²) >= 11 is 0. The molecule has 0 heterocycles. The number of carboxylic acid groups (broad SMARTS) is 1. The molecule has 0 aliphatic rings. The van der Waals surface area contributed by atoms with Crippen molar-refractivity contribution in [2.24, 2.45) is 0 Å². The minimum Gasteiger partial charge on any atom is -0.481 e. The minimum atomic E-state index is -0.669. The summed E-state index contributed by atoms with van der Waals surface area (Å²) in [7, 11) is 0. The first-order chi connectivity index (χ1) is 12.3. The summed E-state index contributed by atoms with van der Waals surface area (Å²) < 4.78 is 0. The summed E-state index contributed by atoms with van der Waals surface area (Å²) in [6.45, 7) is 2.27. The molecule has 1 N–H and O–H groups in total. The molecular formula is C23H42O2. The fraction of sp³-hybridized carbons (Fsp3) is 0.870. The van der Waals surface area contributed by atoms with Crippen LogP contribution in [0.1, 0.15) is 129 Å². The van der Waals surface area contributed by atoms with Crippen LogP contribution in [0.2, 0.25) is 0 Å². The van der Waals surface area contributed by atoms with Gasteiger partial charge in [0.2, 0.25) is 0 Å². The quantitative estimate of drug-likeness (QED) is 0.205. The Morgan fingerprint density at radius 3 is 1.36 bits per heavy atom. The van der Waals surface area contributed by atoms with E-state index in [0.29, 0.717) is 6.42 Å². The highest BCUT2D eigenvalue weighted by atomic mass is 16.4. The van der Waals surface area contributed by atoms with Crippen LogP contribution < -0.4 is 0 Å². The maximum atomic E-state index is 10.4. The topological polar surface area (TPSA) is 37.3 Å². The highest BCUT2D eigenvalue weighted by Gasteiger charge is 1.96. The van der Waals surface area contributed by atoms with E-state index in [2.05, 4.69) is 18.8 Å². The standard InChI is InChI=1S/C23H42O2/c1-2-3-4-5-6-7-8-9-10-11-12-13-14-15-16-17-18-19-20-21-22-23(24)25/h2-12,15-22H2,1H3,(H,24,25). The van der Waals surface area contributed by atoms with Gasteiger partial charge in [0.1, 0.15) is 0 Å². The van der Waals surface area contributed by atoms with Gasteiger partial charge in [0, 0.05) is 19.3 Å². The molecule has 0 aromatic rings. The summed E-state index contributed by atoms with van der Waals surface area (Å²) in [5.74, 6) is 5.96. The molecule has 0 spiro atoms. The number of unbranched alkanes of at least 4 members (excludes halogenated alkanes) is 16. The van der Waals surface area contributed by atoms with E-state index in [0.717, 1.165) is 25.7 Å². The van der Waals surface area contributed by atoms with Gasteiger partial charge in [0.15, 0.2) is 0 Å². The fourth-order valence-corrected chi connectivity index (χ4v) is 3.07. The van der Waals surface area contributed by atoms with E-state index < -0.39 is 5.97 Å². The Morgan fingerprint density at radius 2 is 0.960 bits per heavy atom. The van der Waals surface area contributed by atoms with Crippen LogP contribution in [-0.2, 0) is 4.79 Å². The molecular weight excluding hydrogens is 308 g/mol. The summed E-state index contributed by atoms with van der Waals surface area (Å²) in [6.07, 6.45) is 23.0. The first-order valence-corrected chi connectivity index (χ1v) is 10.9. The van der Waals surface area contributed by atoms with Crippen molar-refractivity contribution in [2.45, 2.75) is 129 Å². The third-order valence-corrected chi connectivity index (χ3v) is 4.72. The molecule has 0 rings (SSSR count). The molecule has 146 valence electrons. The molecule has 0 bridgehead atoms. The normalized spacial score (nSPS) is 10.4. The van der Waals surface area contributed by atoms with Gasteiger partial charge >= 0.3 is 5.97 Å². The molecule has 0 aliphatic heterocycles. The van der Waals surface area contributed by atoms with Crippen molar-refractivity contribution in [1.82, 2.24) is 0 Å². The van der Waals surface area contributed by atoms with Crippen molar-refractivity contribution in [2.75, 3.05) is 0 Å². The Bertz CT molecular complexity index is 338. The number of carbonyl (C=O) groups is 1. The molecule has 0 fully saturated rings. The lowest BCUT2D eigenvalue weighted by molar-refractivity contribution is -0.137. The zero-order chi connectivity index (χ0) is 18.4. The van der Waals surface area contributed by atoms with Gasteiger partial charge in [0.25, 0.3) is 0 Å². The van der Waals surface area contributed by atoms with Crippen LogP contribution >= 0.6 is 0 Å². The van der Waals surface area contributed by atoms with Crippen molar-refractivity contribution >= 4 is 5.97 Å². The average molecular weight is 351 g/mol. The van der Waals surface area contributed by atoms with Crippen LogP contribution in [0.25, 0.3) is 0 Å². The molecule has 0 aromatic carbocycles. The van der Waals surface area contributed by atoms with E-state index >= 15 is 0 Å². The number of hydrogen-bond donors (Lipinski definition) is 1. The van der Waals surface area contributed by atoms with Gasteiger partial charge in [-0.15, -0.1) is 11.8 Å². The van der Waals surface area contributed by atoms with Crippen LogP contribution in [0, 0.1) is 11.8 Å². The van der Waals surface area contributed by atoms with Gasteiger partial charge in [-0.2, -0.15) is 0 Å². The van der Waals surface area contributed by atoms with Crippen molar-refractivity contribution in [3.63, 3.8) is 0 Å². The monoisotopic (exact) mass is 350 g/mol. The fourth-order valence-electron chi connectivity index (χ4n) is 3.07. The Hall–Kier alpha value is -0.970. The van der Waals surface area contributed by atoms with Crippen molar-refractivity contribution < 1.29 is 9.90 Å². The molecule has 2 nitrogen and oxygen atoms in total. The SMILES string of the molecule is CCCCCCCCCCCCC#CCCCCCCCCC(=O)O. The van der Waals surface area contributed by atoms with Gasteiger partial charge in [-0.25, -0.2) is 0 Å². The van der Waals surface area contributed by atoms with E-state index in [1.807, 2.05) is 0 Å². The lowest BCUT2D eigenvalue weighted by Gasteiger charge is -2.00. The molecule has 0 radical (unpaired) electrons. The molecule has 0 amide bonds. The Kier molecular flexibility index (Phi) is 20.3.